The van der Waals surface area contributed by atoms with Crippen molar-refractivity contribution in [2.45, 2.75) is 0 Å². The number of nitrogens with zero attached hydrogens (tertiary/aromatic N) is 1. The molecule has 0 aliphatic heterocycles. The molecule has 5 rings (SSSR count). The molecule has 2 heterocycles. The van der Waals surface area contributed by atoms with E-state index in [9.17, 15) is 0 Å². The third-order valence-corrected chi connectivity index (χ3v) is 3.93. The third kappa shape index (κ3) is 1.53. The van der Waals surface area contributed by atoms with Gasteiger partial charge in [0.2, 0.25) is 5.89 Å². The van der Waals surface area contributed by atoms with Crippen molar-refractivity contribution < 1.29 is 8.83 Å². The van der Waals surface area contributed by atoms with E-state index in [2.05, 4.69) is 17.1 Å². The van der Waals surface area contributed by atoms with Crippen molar-refractivity contribution in [2.75, 3.05) is 0 Å². The number of oxazole rings is 1. The maximum absolute atomic E-state index is 6.03. The minimum absolute atomic E-state index is 0.589. The van der Waals surface area contributed by atoms with Crippen LogP contribution >= 0.6 is 0 Å². The molecule has 5 aromatic rings. The number of hydrogen-bond acceptors (Lipinski definition) is 3. The highest BCUT2D eigenvalue weighted by Gasteiger charge is 2.15. The first kappa shape index (κ1) is 11.6. The Labute approximate surface area is 125 Å². The molecule has 3 nitrogen and oxygen atoms in total. The Morgan fingerprint density at radius 2 is 1.41 bits per heavy atom. The van der Waals surface area contributed by atoms with Crippen LogP contribution in [0.15, 0.2) is 75.6 Å². The molecule has 0 bridgehead atoms. The fraction of sp³-hybridized carbons (Fsp3) is 0. The van der Waals surface area contributed by atoms with E-state index in [-0.39, 0.29) is 0 Å². The molecule has 0 atom stereocenters. The minimum atomic E-state index is 0.589. The summed E-state index contributed by atoms with van der Waals surface area (Å²) in [6, 6.07) is 21.9. The number of rotatable bonds is 1. The van der Waals surface area contributed by atoms with E-state index in [4.69, 9.17) is 8.83 Å². The number of fused-ring (bicyclic) bond motifs is 4. The molecule has 104 valence electrons. The normalized spacial score (nSPS) is 11.6. The summed E-state index contributed by atoms with van der Waals surface area (Å²) in [4.78, 5) is 4.58. The molecule has 0 radical (unpaired) electrons. The summed E-state index contributed by atoms with van der Waals surface area (Å²) >= 11 is 0. The minimum Gasteiger partial charge on any atom is -0.455 e. The van der Waals surface area contributed by atoms with Gasteiger partial charge in [0.1, 0.15) is 16.7 Å². The molecule has 0 saturated heterocycles. The quantitative estimate of drug-likeness (QED) is 0.414. The lowest BCUT2D eigenvalue weighted by atomic mass is 10.1. The van der Waals surface area contributed by atoms with Crippen LogP contribution in [0, 0.1) is 0 Å². The highest BCUT2D eigenvalue weighted by Crippen LogP contribution is 2.36. The maximum atomic E-state index is 6.03. The molecule has 0 fully saturated rings. The van der Waals surface area contributed by atoms with Gasteiger partial charge in [-0.3, -0.25) is 0 Å². The number of benzene rings is 3. The predicted molar refractivity (Wildman–Crippen MR) is 86.7 cm³/mol. The summed E-state index contributed by atoms with van der Waals surface area (Å²) in [5, 5.41) is 2.19. The van der Waals surface area contributed by atoms with Crippen LogP contribution in [-0.4, -0.2) is 4.98 Å². The molecular weight excluding hydrogens is 274 g/mol. The number of aromatic nitrogens is 1. The SMILES string of the molecule is c1ccc2oc(-c3cccc4c3oc3ccccc34)nc2c1. The zero-order valence-electron chi connectivity index (χ0n) is 11.6. The first-order valence-corrected chi connectivity index (χ1v) is 7.16. The van der Waals surface area contributed by atoms with Gasteiger partial charge in [-0.05, 0) is 24.3 Å². The highest BCUT2D eigenvalue weighted by atomic mass is 16.4. The van der Waals surface area contributed by atoms with E-state index < -0.39 is 0 Å². The lowest BCUT2D eigenvalue weighted by Gasteiger charge is -1.96. The van der Waals surface area contributed by atoms with E-state index >= 15 is 0 Å². The Kier molecular flexibility index (Phi) is 2.22. The standard InChI is InChI=1S/C19H11NO2/c1-3-10-16-12(6-1)13-7-5-8-14(18(13)21-16)19-20-15-9-2-4-11-17(15)22-19/h1-11H. The molecule has 0 N–H and O–H groups in total. The summed E-state index contributed by atoms with van der Waals surface area (Å²) in [7, 11) is 0. The third-order valence-electron chi connectivity index (χ3n) is 3.93. The summed E-state index contributed by atoms with van der Waals surface area (Å²) in [5.74, 6) is 0.589. The second-order valence-corrected chi connectivity index (χ2v) is 5.27. The monoisotopic (exact) mass is 285 g/mol. The summed E-state index contributed by atoms with van der Waals surface area (Å²) in [6.07, 6.45) is 0. The molecule has 3 heteroatoms. The summed E-state index contributed by atoms with van der Waals surface area (Å²) < 4.78 is 11.9. The average Bonchev–Trinajstić information content (AvgIpc) is 3.15. The van der Waals surface area contributed by atoms with Gasteiger partial charge in [0.05, 0.1) is 5.56 Å². The van der Waals surface area contributed by atoms with Gasteiger partial charge in [-0.15, -0.1) is 0 Å². The van der Waals surface area contributed by atoms with Gasteiger partial charge in [0.15, 0.2) is 5.58 Å². The van der Waals surface area contributed by atoms with Crippen LogP contribution in [0.3, 0.4) is 0 Å². The van der Waals surface area contributed by atoms with Gasteiger partial charge < -0.3 is 8.83 Å². The van der Waals surface area contributed by atoms with Gasteiger partial charge in [-0.2, -0.15) is 0 Å². The zero-order chi connectivity index (χ0) is 14.5. The predicted octanol–water partition coefficient (Wildman–Crippen LogP) is 5.39. The zero-order valence-corrected chi connectivity index (χ0v) is 11.6. The molecule has 2 aromatic heterocycles. The van der Waals surface area contributed by atoms with Crippen molar-refractivity contribution in [1.29, 1.82) is 0 Å². The molecule has 22 heavy (non-hydrogen) atoms. The van der Waals surface area contributed by atoms with Crippen molar-refractivity contribution in [3.63, 3.8) is 0 Å². The molecule has 0 aliphatic rings. The lowest BCUT2D eigenvalue weighted by Crippen LogP contribution is -1.77. The number of hydrogen-bond donors (Lipinski definition) is 0. The molecule has 0 unspecified atom stereocenters. The Balaban J connectivity index is 1.87. The Morgan fingerprint density at radius 3 is 2.32 bits per heavy atom. The van der Waals surface area contributed by atoms with Gasteiger partial charge in [-0.1, -0.05) is 42.5 Å². The van der Waals surface area contributed by atoms with E-state index in [1.165, 1.54) is 0 Å². The molecular formula is C19H11NO2. The van der Waals surface area contributed by atoms with Crippen molar-refractivity contribution in [3.8, 4) is 11.5 Å². The van der Waals surface area contributed by atoms with Crippen LogP contribution in [0.1, 0.15) is 0 Å². The lowest BCUT2D eigenvalue weighted by molar-refractivity contribution is 0.615. The van der Waals surface area contributed by atoms with E-state index in [1.807, 2.05) is 54.6 Å². The Morgan fingerprint density at radius 1 is 0.636 bits per heavy atom. The van der Waals surface area contributed by atoms with Gasteiger partial charge in [0, 0.05) is 10.8 Å². The molecule has 0 saturated carbocycles. The van der Waals surface area contributed by atoms with E-state index in [0.717, 1.165) is 38.6 Å². The van der Waals surface area contributed by atoms with Crippen LogP contribution in [0.2, 0.25) is 0 Å². The van der Waals surface area contributed by atoms with Crippen LogP contribution in [-0.2, 0) is 0 Å². The van der Waals surface area contributed by atoms with Gasteiger partial charge in [-0.25, -0.2) is 4.98 Å². The van der Waals surface area contributed by atoms with Crippen LogP contribution in [0.25, 0.3) is 44.5 Å². The topological polar surface area (TPSA) is 39.2 Å². The number of para-hydroxylation sites is 4. The molecule has 0 spiro atoms. The van der Waals surface area contributed by atoms with Crippen LogP contribution in [0.4, 0.5) is 0 Å². The average molecular weight is 285 g/mol. The van der Waals surface area contributed by atoms with Gasteiger partial charge >= 0.3 is 0 Å². The van der Waals surface area contributed by atoms with Crippen molar-refractivity contribution in [2.24, 2.45) is 0 Å². The summed E-state index contributed by atoms with van der Waals surface area (Å²) in [5.41, 5.74) is 4.21. The fourth-order valence-electron chi connectivity index (χ4n) is 2.90. The Hall–Kier alpha value is -3.07. The second-order valence-electron chi connectivity index (χ2n) is 5.27. The van der Waals surface area contributed by atoms with E-state index in [0.29, 0.717) is 5.89 Å². The molecule has 0 aliphatic carbocycles. The first-order valence-electron chi connectivity index (χ1n) is 7.16. The maximum Gasteiger partial charge on any atom is 0.231 e. The van der Waals surface area contributed by atoms with Crippen LogP contribution in [0.5, 0.6) is 0 Å². The van der Waals surface area contributed by atoms with Crippen molar-refractivity contribution in [1.82, 2.24) is 4.98 Å². The highest BCUT2D eigenvalue weighted by molar-refractivity contribution is 6.09. The van der Waals surface area contributed by atoms with Crippen molar-refractivity contribution >= 4 is 33.0 Å². The molecule has 3 aromatic carbocycles. The number of furan rings is 1. The molecule has 0 amide bonds. The van der Waals surface area contributed by atoms with Crippen molar-refractivity contribution in [3.05, 3.63) is 66.7 Å². The Bertz CT molecular complexity index is 1100. The first-order chi connectivity index (χ1) is 10.9. The van der Waals surface area contributed by atoms with E-state index in [1.54, 1.807) is 0 Å². The largest absolute Gasteiger partial charge is 0.455 e. The summed E-state index contributed by atoms with van der Waals surface area (Å²) in [6.45, 7) is 0. The van der Waals surface area contributed by atoms with Gasteiger partial charge in [0.25, 0.3) is 0 Å². The fourth-order valence-corrected chi connectivity index (χ4v) is 2.90. The van der Waals surface area contributed by atoms with Crippen LogP contribution < -0.4 is 0 Å². The smallest absolute Gasteiger partial charge is 0.231 e. The second kappa shape index (κ2) is 4.21.